The zero-order valence-electron chi connectivity index (χ0n) is 9.86. The van der Waals surface area contributed by atoms with Crippen molar-refractivity contribution >= 4 is 5.84 Å². The summed E-state index contributed by atoms with van der Waals surface area (Å²) in [5, 5.41) is 13.7. The van der Waals surface area contributed by atoms with Crippen LogP contribution in [-0.2, 0) is 9.57 Å². The van der Waals surface area contributed by atoms with Gasteiger partial charge in [-0.3, -0.25) is 0 Å². The van der Waals surface area contributed by atoms with Crippen LogP contribution in [0.15, 0.2) is 16.5 Å². The first-order chi connectivity index (χ1) is 7.44. The monoisotopic (exact) mass is 226 g/mol. The average molecular weight is 226 g/mol. The minimum Gasteiger partial charge on any atom is -0.512 e. The molecular weight excluding hydrogens is 208 g/mol. The molecule has 16 heavy (non-hydrogen) atoms. The lowest BCUT2D eigenvalue weighted by Crippen LogP contribution is -2.21. The second-order valence-corrected chi connectivity index (χ2v) is 5.16. The van der Waals surface area contributed by atoms with Gasteiger partial charge in [0, 0.05) is 6.42 Å². The summed E-state index contributed by atoms with van der Waals surface area (Å²) in [5.41, 5.74) is 6.37. The van der Waals surface area contributed by atoms with Gasteiger partial charge < -0.3 is 20.4 Å². The fourth-order valence-electron chi connectivity index (χ4n) is 2.32. The Labute approximate surface area is 94.9 Å². The molecule has 1 heterocycles. The van der Waals surface area contributed by atoms with Gasteiger partial charge in [-0.25, -0.2) is 0 Å². The molecule has 1 aliphatic heterocycles. The largest absolute Gasteiger partial charge is 0.512 e. The van der Waals surface area contributed by atoms with Crippen molar-refractivity contribution in [3.05, 3.63) is 11.3 Å². The van der Waals surface area contributed by atoms with Gasteiger partial charge in [0.15, 0.2) is 5.84 Å². The number of oxime groups is 1. The Morgan fingerprint density at radius 2 is 2.31 bits per heavy atom. The van der Waals surface area contributed by atoms with Crippen LogP contribution in [-0.4, -0.2) is 30.3 Å². The van der Waals surface area contributed by atoms with E-state index in [4.69, 9.17) is 10.5 Å². The van der Waals surface area contributed by atoms with Crippen LogP contribution in [0.3, 0.4) is 0 Å². The molecule has 0 aromatic carbocycles. The van der Waals surface area contributed by atoms with E-state index in [0.717, 1.165) is 6.42 Å². The molecule has 2 atom stereocenters. The Morgan fingerprint density at radius 1 is 1.62 bits per heavy atom. The quantitative estimate of drug-likeness (QED) is 0.322. The van der Waals surface area contributed by atoms with Gasteiger partial charge in [-0.2, -0.15) is 0 Å². The van der Waals surface area contributed by atoms with E-state index in [-0.39, 0.29) is 29.2 Å². The molecule has 0 aromatic heterocycles. The summed E-state index contributed by atoms with van der Waals surface area (Å²) in [6, 6.07) is 0. The highest BCUT2D eigenvalue weighted by Crippen LogP contribution is 2.45. The Morgan fingerprint density at radius 3 is 2.94 bits per heavy atom. The van der Waals surface area contributed by atoms with Crippen LogP contribution in [0.2, 0.25) is 0 Å². The minimum atomic E-state index is -0.110. The maximum atomic E-state index is 10.1. The molecule has 0 spiro atoms. The molecule has 0 aromatic rings. The van der Waals surface area contributed by atoms with Crippen LogP contribution in [0.5, 0.6) is 0 Å². The van der Waals surface area contributed by atoms with Gasteiger partial charge >= 0.3 is 0 Å². The van der Waals surface area contributed by atoms with Gasteiger partial charge in [0.1, 0.15) is 19.0 Å². The van der Waals surface area contributed by atoms with Gasteiger partial charge in [-0.15, -0.1) is 0 Å². The van der Waals surface area contributed by atoms with Crippen LogP contribution in [0.4, 0.5) is 0 Å². The summed E-state index contributed by atoms with van der Waals surface area (Å²) in [6.45, 7) is 4.21. The summed E-state index contributed by atoms with van der Waals surface area (Å²) >= 11 is 0. The standard InChI is InChI=1S/C11H18N2O3/c1-11(2)4-6(14)8(10(12)13-15-3)9-7(5-11)16-9/h7,9,14H,4-5H2,1-3H3,(H2,12,13). The second kappa shape index (κ2) is 3.66. The number of ether oxygens (including phenoxy) is 1. The topological polar surface area (TPSA) is 80.4 Å². The third kappa shape index (κ3) is 2.00. The number of fused-ring (bicyclic) bond motifs is 1. The number of nitrogens with zero attached hydrogens (tertiary/aromatic N) is 1. The van der Waals surface area contributed by atoms with E-state index in [1.165, 1.54) is 7.11 Å². The van der Waals surface area contributed by atoms with Crippen molar-refractivity contribution in [1.82, 2.24) is 0 Å². The first-order valence-corrected chi connectivity index (χ1v) is 5.39. The highest BCUT2D eigenvalue weighted by molar-refractivity contribution is 5.98. The molecule has 1 aliphatic carbocycles. The number of epoxide rings is 1. The maximum Gasteiger partial charge on any atom is 0.172 e. The van der Waals surface area contributed by atoms with E-state index in [1.54, 1.807) is 0 Å². The summed E-state index contributed by atoms with van der Waals surface area (Å²) < 4.78 is 5.51. The van der Waals surface area contributed by atoms with Crippen molar-refractivity contribution in [2.24, 2.45) is 16.3 Å². The van der Waals surface area contributed by atoms with Gasteiger partial charge in [0.25, 0.3) is 0 Å². The van der Waals surface area contributed by atoms with Crippen LogP contribution in [0, 0.1) is 5.41 Å². The summed E-state index contributed by atoms with van der Waals surface area (Å²) in [4.78, 5) is 4.63. The first-order valence-electron chi connectivity index (χ1n) is 5.39. The molecule has 2 rings (SSSR count). The summed E-state index contributed by atoms with van der Waals surface area (Å²) in [7, 11) is 1.43. The normalized spacial score (nSPS) is 33.1. The van der Waals surface area contributed by atoms with Gasteiger partial charge in [0.05, 0.1) is 11.7 Å². The molecule has 1 fully saturated rings. The smallest absolute Gasteiger partial charge is 0.172 e. The maximum absolute atomic E-state index is 10.1. The van der Waals surface area contributed by atoms with Crippen molar-refractivity contribution < 1.29 is 14.7 Å². The zero-order chi connectivity index (χ0) is 11.9. The van der Waals surface area contributed by atoms with E-state index in [2.05, 4.69) is 23.8 Å². The van der Waals surface area contributed by atoms with Crippen molar-refractivity contribution in [3.63, 3.8) is 0 Å². The van der Waals surface area contributed by atoms with Crippen molar-refractivity contribution in [3.8, 4) is 0 Å². The predicted octanol–water partition coefficient (Wildman–Crippen LogP) is 1.30. The molecule has 5 nitrogen and oxygen atoms in total. The highest BCUT2D eigenvalue weighted by atomic mass is 16.6. The molecular formula is C11H18N2O3. The molecule has 90 valence electrons. The molecule has 2 aliphatic rings. The van der Waals surface area contributed by atoms with Gasteiger partial charge in [-0.1, -0.05) is 19.0 Å². The third-order valence-electron chi connectivity index (χ3n) is 3.04. The zero-order valence-corrected chi connectivity index (χ0v) is 9.86. The van der Waals surface area contributed by atoms with E-state index in [0.29, 0.717) is 12.0 Å². The van der Waals surface area contributed by atoms with Crippen LogP contribution in [0.25, 0.3) is 0 Å². The molecule has 0 saturated carbocycles. The molecule has 2 unspecified atom stereocenters. The molecule has 1 saturated heterocycles. The van der Waals surface area contributed by atoms with Gasteiger partial charge in [-0.05, 0) is 11.8 Å². The number of rotatable bonds is 2. The Balaban J connectivity index is 2.31. The summed E-state index contributed by atoms with van der Waals surface area (Å²) in [5.74, 6) is 0.485. The molecule has 5 heteroatoms. The van der Waals surface area contributed by atoms with E-state index >= 15 is 0 Å². The van der Waals surface area contributed by atoms with Crippen molar-refractivity contribution in [2.45, 2.75) is 38.9 Å². The number of amidine groups is 1. The van der Waals surface area contributed by atoms with E-state index in [9.17, 15) is 5.11 Å². The second-order valence-electron chi connectivity index (χ2n) is 5.16. The number of nitrogens with two attached hydrogens (primary N) is 1. The van der Waals surface area contributed by atoms with Crippen molar-refractivity contribution in [1.29, 1.82) is 0 Å². The fourth-order valence-corrected chi connectivity index (χ4v) is 2.32. The highest BCUT2D eigenvalue weighted by Gasteiger charge is 2.50. The third-order valence-corrected chi connectivity index (χ3v) is 3.04. The number of aliphatic hydroxyl groups is 1. The summed E-state index contributed by atoms with van der Waals surface area (Å²) in [6.07, 6.45) is 1.56. The van der Waals surface area contributed by atoms with E-state index in [1.807, 2.05) is 0 Å². The number of hydrogen-bond acceptors (Lipinski definition) is 4. The molecule has 0 bridgehead atoms. The van der Waals surface area contributed by atoms with E-state index < -0.39 is 0 Å². The fraction of sp³-hybridized carbons (Fsp3) is 0.727. The predicted molar refractivity (Wildman–Crippen MR) is 60.0 cm³/mol. The molecule has 0 amide bonds. The lowest BCUT2D eigenvalue weighted by Gasteiger charge is -2.22. The average Bonchev–Trinajstić information content (AvgIpc) is 2.81. The Hall–Kier alpha value is -1.23. The SMILES string of the molecule is CON=C(N)C1=C(O)CC(C)(C)CC2OC12. The minimum absolute atomic E-state index is 0.0264. The first kappa shape index (κ1) is 11.3. The van der Waals surface area contributed by atoms with Gasteiger partial charge in [0.2, 0.25) is 0 Å². The molecule has 0 radical (unpaired) electrons. The number of aliphatic hydroxyl groups excluding tert-OH is 1. The van der Waals surface area contributed by atoms with Crippen molar-refractivity contribution in [2.75, 3.05) is 7.11 Å². The lowest BCUT2D eigenvalue weighted by atomic mass is 9.85. The van der Waals surface area contributed by atoms with Crippen LogP contribution in [0.1, 0.15) is 26.7 Å². The Kier molecular flexibility index (Phi) is 2.58. The van der Waals surface area contributed by atoms with Crippen LogP contribution < -0.4 is 5.73 Å². The molecule has 3 N–H and O–H groups in total. The van der Waals surface area contributed by atoms with Crippen LogP contribution >= 0.6 is 0 Å². The number of allylic oxidation sites excluding steroid dienone is 1. The lowest BCUT2D eigenvalue weighted by molar-refractivity contribution is 0.211. The Bertz CT molecular complexity index is 360. The number of hydrogen-bond donors (Lipinski definition) is 2.